The van der Waals surface area contributed by atoms with Crippen LogP contribution in [0, 0.1) is 17.3 Å². The van der Waals surface area contributed by atoms with Crippen molar-refractivity contribution >= 4 is 41.2 Å². The maximum Gasteiger partial charge on any atom is 0.408 e. The van der Waals surface area contributed by atoms with Gasteiger partial charge in [-0.05, 0) is 80.0 Å². The highest BCUT2D eigenvalue weighted by atomic mass is 35.5. The second-order valence-corrected chi connectivity index (χ2v) is 14.4. The van der Waals surface area contributed by atoms with Gasteiger partial charge in [0.05, 0.1) is 16.7 Å². The van der Waals surface area contributed by atoms with Crippen LogP contribution in [0.15, 0.2) is 18.2 Å². The second-order valence-electron chi connectivity index (χ2n) is 13.6. The zero-order chi connectivity index (χ0) is 29.6. The van der Waals surface area contributed by atoms with Crippen LogP contribution in [-0.4, -0.2) is 57.2 Å². The molecule has 6 atom stereocenters. The number of hydrogen-bond donors (Lipinski definition) is 2. The molecule has 5 rings (SSSR count). The average Bonchev–Trinajstić information content (AvgIpc) is 3.53. The van der Waals surface area contributed by atoms with Crippen molar-refractivity contribution in [2.45, 2.75) is 103 Å². The molecule has 9 nitrogen and oxygen atoms in total. The van der Waals surface area contributed by atoms with E-state index in [1.54, 1.807) is 80.5 Å². The summed E-state index contributed by atoms with van der Waals surface area (Å²) in [5.74, 6) is -3.01. The van der Waals surface area contributed by atoms with Crippen molar-refractivity contribution in [2.24, 2.45) is 17.3 Å². The smallest absolute Gasteiger partial charge is 0.408 e. The lowest BCUT2D eigenvalue weighted by Crippen LogP contribution is -2.64. The minimum Gasteiger partial charge on any atom is -0.459 e. The molecule has 2 N–H and O–H groups in total. The average molecular weight is 587 g/mol. The van der Waals surface area contributed by atoms with Gasteiger partial charge in [-0.15, -0.1) is 0 Å². The number of amides is 1. The summed E-state index contributed by atoms with van der Waals surface area (Å²) in [5, 5.41) is 15.2. The van der Waals surface area contributed by atoms with Gasteiger partial charge in [-0.3, -0.25) is 4.79 Å². The number of alkyl carbamates (subject to hydrolysis) is 1. The van der Waals surface area contributed by atoms with E-state index in [9.17, 15) is 19.5 Å². The molecule has 0 spiro atoms. The Morgan fingerprint density at radius 3 is 1.90 bits per heavy atom. The Kier molecular flexibility index (Phi) is 6.87. The van der Waals surface area contributed by atoms with E-state index in [0.717, 1.165) is 0 Å². The Hall–Kier alpha value is -2.07. The molecule has 4 fully saturated rings. The summed E-state index contributed by atoms with van der Waals surface area (Å²) in [4.78, 5) is 40.6. The molecule has 2 bridgehead atoms. The summed E-state index contributed by atoms with van der Waals surface area (Å²) in [6.45, 7) is 15.1. The van der Waals surface area contributed by atoms with Gasteiger partial charge in [0.1, 0.15) is 33.9 Å². The third kappa shape index (κ3) is 4.79. The van der Waals surface area contributed by atoms with Crippen molar-refractivity contribution in [1.82, 2.24) is 5.32 Å². The largest absolute Gasteiger partial charge is 0.459 e. The fourth-order valence-corrected chi connectivity index (χ4v) is 6.27. The zero-order valence-corrected chi connectivity index (χ0v) is 25.2. The Bertz CT molecular complexity index is 1220. The van der Waals surface area contributed by atoms with Crippen LogP contribution in [0.3, 0.4) is 0 Å². The normalized spacial score (nSPS) is 32.7. The molecule has 0 aliphatic heterocycles. The van der Waals surface area contributed by atoms with Crippen molar-refractivity contribution < 1.29 is 38.4 Å². The molecule has 1 amide bonds. The molecule has 4 aliphatic carbocycles. The van der Waals surface area contributed by atoms with E-state index < -0.39 is 69.3 Å². The van der Waals surface area contributed by atoms with E-state index in [0.29, 0.717) is 15.6 Å². The standard InChI is InChI=1S/C28H37Cl2NO8/c1-23(2,3)37-20(32)26-17-18(26)28(26,35)19(36-13-14-10-11-15(29)16(30)12-14)27(17,21(33)38-24(4,5)6)31-22(34)39-25(7,8)9/h10-12,17-19,35H,13H2,1-9H3,(H,31,34)/t17-,18+,19-,26+,27+,28-/m0/s1. The van der Waals surface area contributed by atoms with E-state index >= 15 is 0 Å². The molecule has 0 unspecified atom stereocenters. The molecule has 0 saturated heterocycles. The molecule has 0 aromatic heterocycles. The number of nitrogens with one attached hydrogen (secondary N) is 1. The number of hydrogen-bond acceptors (Lipinski definition) is 8. The fraction of sp³-hybridized carbons (Fsp3) is 0.679. The second kappa shape index (κ2) is 8.96. The summed E-state index contributed by atoms with van der Waals surface area (Å²) in [5.41, 5.74) is -7.21. The Balaban J connectivity index is 1.77. The SMILES string of the molecule is CC(C)(C)OC(=O)N[C@]1(C(=O)OC(C)(C)C)[C@H]2[C@H]3[C@](O)([C@H]1OCc1ccc(Cl)c(Cl)c1)[C@]23C(=O)OC(C)(C)C. The van der Waals surface area contributed by atoms with Gasteiger partial charge in [-0.2, -0.15) is 0 Å². The van der Waals surface area contributed by atoms with E-state index in [4.69, 9.17) is 42.1 Å². The topological polar surface area (TPSA) is 120 Å². The van der Waals surface area contributed by atoms with Gasteiger partial charge < -0.3 is 29.4 Å². The summed E-state index contributed by atoms with van der Waals surface area (Å²) in [6.07, 6.45) is -2.27. The Labute approximate surface area is 238 Å². The van der Waals surface area contributed by atoms with Gasteiger partial charge in [0, 0.05) is 11.8 Å². The number of carbonyl (C=O) groups is 3. The molecule has 0 radical (unpaired) electrons. The van der Waals surface area contributed by atoms with Crippen molar-refractivity contribution in [1.29, 1.82) is 0 Å². The summed E-state index contributed by atoms with van der Waals surface area (Å²) in [6, 6.07) is 4.88. The van der Waals surface area contributed by atoms with Crippen molar-refractivity contribution in [2.75, 3.05) is 0 Å². The first kappa shape index (κ1) is 29.9. The summed E-state index contributed by atoms with van der Waals surface area (Å²) < 4.78 is 23.1. The van der Waals surface area contributed by atoms with Gasteiger partial charge in [0.15, 0.2) is 5.54 Å². The van der Waals surface area contributed by atoms with Crippen LogP contribution in [0.25, 0.3) is 0 Å². The van der Waals surface area contributed by atoms with E-state index in [-0.39, 0.29) is 6.61 Å². The van der Waals surface area contributed by atoms with Gasteiger partial charge in [-0.25, -0.2) is 9.59 Å². The first-order chi connectivity index (χ1) is 17.6. The minimum atomic E-state index is -1.93. The summed E-state index contributed by atoms with van der Waals surface area (Å²) in [7, 11) is 0. The summed E-state index contributed by atoms with van der Waals surface area (Å²) >= 11 is 12.2. The monoisotopic (exact) mass is 585 g/mol. The van der Waals surface area contributed by atoms with Crippen LogP contribution >= 0.6 is 23.2 Å². The lowest BCUT2D eigenvalue weighted by molar-refractivity contribution is -0.173. The molecule has 1 aromatic rings. The molecule has 39 heavy (non-hydrogen) atoms. The van der Waals surface area contributed by atoms with Crippen molar-refractivity contribution in [3.63, 3.8) is 0 Å². The first-order valence-electron chi connectivity index (χ1n) is 12.9. The van der Waals surface area contributed by atoms with Crippen LogP contribution in [-0.2, 0) is 35.1 Å². The molecule has 4 aliphatic rings. The third-order valence-corrected chi connectivity index (χ3v) is 7.88. The molecular weight excluding hydrogens is 549 g/mol. The van der Waals surface area contributed by atoms with Crippen LogP contribution < -0.4 is 5.32 Å². The Morgan fingerprint density at radius 2 is 1.38 bits per heavy atom. The fourth-order valence-electron chi connectivity index (χ4n) is 5.95. The zero-order valence-electron chi connectivity index (χ0n) is 23.7. The van der Waals surface area contributed by atoms with Gasteiger partial charge in [0.25, 0.3) is 0 Å². The van der Waals surface area contributed by atoms with Crippen LogP contribution in [0.5, 0.6) is 0 Å². The molecule has 0 heterocycles. The highest BCUT2D eigenvalue weighted by Crippen LogP contribution is 2.96. The molecular formula is C28H37Cl2NO8. The highest BCUT2D eigenvalue weighted by Gasteiger charge is 3.13. The van der Waals surface area contributed by atoms with Crippen LogP contribution in [0.2, 0.25) is 10.0 Å². The quantitative estimate of drug-likeness (QED) is 0.360. The number of aliphatic hydroxyl groups is 1. The number of ether oxygens (including phenoxy) is 4. The number of halogens is 2. The van der Waals surface area contributed by atoms with E-state index in [1.165, 1.54) is 0 Å². The maximum atomic E-state index is 14.0. The van der Waals surface area contributed by atoms with Crippen LogP contribution in [0.1, 0.15) is 67.9 Å². The molecule has 216 valence electrons. The molecule has 4 saturated carbocycles. The molecule has 11 heteroatoms. The van der Waals surface area contributed by atoms with Gasteiger partial charge in [0.2, 0.25) is 0 Å². The number of rotatable bonds is 6. The highest BCUT2D eigenvalue weighted by molar-refractivity contribution is 6.42. The predicted octanol–water partition coefficient (Wildman–Crippen LogP) is 4.82. The minimum absolute atomic E-state index is 0.103. The first-order valence-corrected chi connectivity index (χ1v) is 13.6. The van der Waals surface area contributed by atoms with E-state index in [2.05, 4.69) is 5.32 Å². The lowest BCUT2D eigenvalue weighted by Gasteiger charge is -2.36. The number of esters is 2. The lowest BCUT2D eigenvalue weighted by atomic mass is 9.91. The van der Waals surface area contributed by atoms with Crippen LogP contribution in [0.4, 0.5) is 4.79 Å². The maximum absolute atomic E-state index is 14.0. The van der Waals surface area contributed by atoms with Crippen molar-refractivity contribution in [3.05, 3.63) is 33.8 Å². The third-order valence-electron chi connectivity index (χ3n) is 7.14. The van der Waals surface area contributed by atoms with Crippen molar-refractivity contribution in [3.8, 4) is 0 Å². The van der Waals surface area contributed by atoms with Gasteiger partial charge >= 0.3 is 18.0 Å². The number of benzene rings is 1. The predicted molar refractivity (Wildman–Crippen MR) is 143 cm³/mol. The van der Waals surface area contributed by atoms with Gasteiger partial charge in [-0.1, -0.05) is 29.3 Å². The van der Waals surface area contributed by atoms with E-state index in [1.807, 2.05) is 0 Å². The Morgan fingerprint density at radius 1 is 0.846 bits per heavy atom. The number of carbonyl (C=O) groups excluding carboxylic acids is 3. The number of fused-ring (bicyclic) bond motifs is 1. The molecule has 1 aromatic carbocycles.